The first kappa shape index (κ1) is 18.1. The van der Waals surface area contributed by atoms with Crippen LogP contribution in [0, 0.1) is 20.8 Å². The van der Waals surface area contributed by atoms with Crippen molar-refractivity contribution in [3.05, 3.63) is 46.8 Å². The molecule has 4 nitrogen and oxygen atoms in total. The third-order valence-electron chi connectivity index (χ3n) is 4.08. The highest BCUT2D eigenvalue weighted by Gasteiger charge is 2.23. The first-order valence-electron chi connectivity index (χ1n) is 8.15. The van der Waals surface area contributed by atoms with E-state index in [-0.39, 0.29) is 17.9 Å². The minimum absolute atomic E-state index is 0.00609. The highest BCUT2D eigenvalue weighted by molar-refractivity contribution is 5.98. The van der Waals surface area contributed by atoms with E-state index in [4.69, 9.17) is 9.47 Å². The third-order valence-corrected chi connectivity index (χ3v) is 4.08. The van der Waals surface area contributed by atoms with E-state index in [9.17, 15) is 4.79 Å². The number of benzene rings is 1. The van der Waals surface area contributed by atoms with Crippen molar-refractivity contribution in [2.75, 3.05) is 13.7 Å². The minimum Gasteiger partial charge on any atom is -0.493 e. The van der Waals surface area contributed by atoms with E-state index >= 15 is 0 Å². The second-order valence-corrected chi connectivity index (χ2v) is 7.16. The average molecular weight is 329 g/mol. The monoisotopic (exact) mass is 329 g/mol. The van der Waals surface area contributed by atoms with E-state index < -0.39 is 0 Å². The molecule has 0 radical (unpaired) electrons. The first-order valence-corrected chi connectivity index (χ1v) is 8.15. The Morgan fingerprint density at radius 2 is 1.75 bits per heavy atom. The zero-order valence-electron chi connectivity index (χ0n) is 15.7. The lowest BCUT2D eigenvalue weighted by Gasteiger charge is -2.25. The summed E-state index contributed by atoms with van der Waals surface area (Å²) in [6.45, 7) is 12.4. The summed E-state index contributed by atoms with van der Waals surface area (Å²) in [5.74, 6) is 1.20. The molecule has 0 fully saturated rings. The van der Waals surface area contributed by atoms with E-state index in [0.29, 0.717) is 17.1 Å². The molecule has 0 aliphatic rings. The molecule has 2 rings (SSSR count). The van der Waals surface area contributed by atoms with Gasteiger partial charge in [-0.1, -0.05) is 6.07 Å². The molecule has 4 heteroatoms. The molecule has 0 amide bonds. The fourth-order valence-corrected chi connectivity index (χ4v) is 3.19. The fourth-order valence-electron chi connectivity index (χ4n) is 3.19. The summed E-state index contributed by atoms with van der Waals surface area (Å²) in [6.07, 6.45) is 0. The Morgan fingerprint density at radius 1 is 1.08 bits per heavy atom. The van der Waals surface area contributed by atoms with Crippen LogP contribution in [0.2, 0.25) is 0 Å². The predicted molar refractivity (Wildman–Crippen MR) is 96.5 cm³/mol. The summed E-state index contributed by atoms with van der Waals surface area (Å²) in [5.41, 5.74) is 3.79. The molecule has 0 spiro atoms. The van der Waals surface area contributed by atoms with Gasteiger partial charge in [0, 0.05) is 22.5 Å². The Labute approximate surface area is 144 Å². The van der Waals surface area contributed by atoms with Crippen molar-refractivity contribution in [2.45, 2.75) is 47.1 Å². The number of methoxy groups -OCH3 is 1. The summed E-state index contributed by atoms with van der Waals surface area (Å²) in [6, 6.07) is 7.61. The van der Waals surface area contributed by atoms with Crippen molar-refractivity contribution < 1.29 is 14.3 Å². The highest BCUT2D eigenvalue weighted by atomic mass is 16.5. The number of hydrogen-bond donors (Lipinski definition) is 0. The van der Waals surface area contributed by atoms with E-state index in [1.807, 2.05) is 45.0 Å². The molecular weight excluding hydrogens is 302 g/mol. The van der Waals surface area contributed by atoms with Crippen molar-refractivity contribution in [3.63, 3.8) is 0 Å². The van der Waals surface area contributed by atoms with Gasteiger partial charge in [-0.15, -0.1) is 0 Å². The molecule has 1 heterocycles. The van der Waals surface area contributed by atoms with Crippen LogP contribution in [0.1, 0.15) is 48.1 Å². The zero-order chi connectivity index (χ0) is 18.1. The maximum absolute atomic E-state index is 12.6. The van der Waals surface area contributed by atoms with E-state index in [2.05, 4.69) is 25.3 Å². The molecule has 0 atom stereocenters. The SMILES string of the molecule is COc1cc(C)ccc1OCC(=O)c1cc(C)n(C(C)(C)C)c1C. The molecule has 0 saturated heterocycles. The Morgan fingerprint density at radius 3 is 2.29 bits per heavy atom. The van der Waals surface area contributed by atoms with Gasteiger partial charge in [-0.2, -0.15) is 0 Å². The largest absolute Gasteiger partial charge is 0.493 e. The number of carbonyl (C=O) groups is 1. The van der Waals surface area contributed by atoms with Crippen molar-refractivity contribution in [3.8, 4) is 11.5 Å². The van der Waals surface area contributed by atoms with E-state index in [1.54, 1.807) is 7.11 Å². The number of carbonyl (C=O) groups excluding carboxylic acids is 1. The standard InChI is InChI=1S/C20H27NO3/c1-13-8-9-18(19(10-13)23-7)24-12-17(22)16-11-14(2)21(15(16)3)20(4,5)6/h8-11H,12H2,1-7H3. The second kappa shape index (κ2) is 6.71. The molecule has 1 aromatic carbocycles. The van der Waals surface area contributed by atoms with Crippen LogP contribution in [-0.4, -0.2) is 24.1 Å². The van der Waals surface area contributed by atoms with E-state index in [1.165, 1.54) is 0 Å². The lowest BCUT2D eigenvalue weighted by atomic mass is 10.1. The minimum atomic E-state index is -0.0618. The van der Waals surface area contributed by atoms with Gasteiger partial charge in [0.05, 0.1) is 7.11 Å². The number of nitrogens with zero attached hydrogens (tertiary/aromatic N) is 1. The number of rotatable bonds is 5. The molecule has 0 N–H and O–H groups in total. The molecule has 0 aliphatic heterocycles. The van der Waals surface area contributed by atoms with Gasteiger partial charge in [-0.25, -0.2) is 0 Å². The number of ketones is 1. The Kier molecular flexibility index (Phi) is 5.07. The van der Waals surface area contributed by atoms with Crippen LogP contribution in [0.4, 0.5) is 0 Å². The smallest absolute Gasteiger partial charge is 0.202 e. The molecule has 24 heavy (non-hydrogen) atoms. The average Bonchev–Trinajstić information content (AvgIpc) is 2.80. The molecule has 0 unspecified atom stereocenters. The van der Waals surface area contributed by atoms with Gasteiger partial charge >= 0.3 is 0 Å². The van der Waals surface area contributed by atoms with Gasteiger partial charge in [0.25, 0.3) is 0 Å². The third kappa shape index (κ3) is 3.64. The normalized spacial score (nSPS) is 11.5. The molecular formula is C20H27NO3. The van der Waals surface area contributed by atoms with Gasteiger partial charge in [0.2, 0.25) is 5.78 Å². The van der Waals surface area contributed by atoms with Crippen molar-refractivity contribution in [1.82, 2.24) is 4.57 Å². The first-order chi connectivity index (χ1) is 11.1. The van der Waals surface area contributed by atoms with Crippen LogP contribution in [0.25, 0.3) is 0 Å². The maximum atomic E-state index is 12.6. The van der Waals surface area contributed by atoms with Crippen LogP contribution in [0.5, 0.6) is 11.5 Å². The van der Waals surface area contributed by atoms with Gasteiger partial charge < -0.3 is 14.0 Å². The molecule has 130 valence electrons. The number of hydrogen-bond acceptors (Lipinski definition) is 3. The van der Waals surface area contributed by atoms with Crippen LogP contribution in [-0.2, 0) is 5.54 Å². The summed E-state index contributed by atoms with van der Waals surface area (Å²) in [5, 5.41) is 0. The van der Waals surface area contributed by atoms with Crippen LogP contribution < -0.4 is 9.47 Å². The summed E-state index contributed by atoms with van der Waals surface area (Å²) < 4.78 is 13.2. The van der Waals surface area contributed by atoms with Gasteiger partial charge in [0.1, 0.15) is 0 Å². The van der Waals surface area contributed by atoms with Gasteiger partial charge in [-0.05, 0) is 65.3 Å². The molecule has 0 aliphatic carbocycles. The lowest BCUT2D eigenvalue weighted by molar-refractivity contribution is 0.0918. The second-order valence-electron chi connectivity index (χ2n) is 7.16. The Balaban J connectivity index is 2.20. The lowest BCUT2D eigenvalue weighted by Crippen LogP contribution is -2.24. The molecule has 2 aromatic rings. The topological polar surface area (TPSA) is 40.5 Å². The van der Waals surface area contributed by atoms with Gasteiger partial charge in [0.15, 0.2) is 18.1 Å². The number of aromatic nitrogens is 1. The van der Waals surface area contributed by atoms with Crippen LogP contribution in [0.3, 0.4) is 0 Å². The van der Waals surface area contributed by atoms with Gasteiger partial charge in [-0.3, -0.25) is 4.79 Å². The number of Topliss-reactive ketones (excluding diaryl/α,β-unsaturated/α-hetero) is 1. The Hall–Kier alpha value is -2.23. The van der Waals surface area contributed by atoms with Crippen LogP contribution >= 0.6 is 0 Å². The fraction of sp³-hybridized carbons (Fsp3) is 0.450. The zero-order valence-corrected chi connectivity index (χ0v) is 15.7. The van der Waals surface area contributed by atoms with Crippen molar-refractivity contribution >= 4 is 5.78 Å². The van der Waals surface area contributed by atoms with Crippen LogP contribution in [0.15, 0.2) is 24.3 Å². The molecule has 0 bridgehead atoms. The van der Waals surface area contributed by atoms with E-state index in [0.717, 1.165) is 17.0 Å². The molecule has 0 saturated carbocycles. The number of aryl methyl sites for hydroxylation is 2. The molecule has 1 aromatic heterocycles. The highest BCUT2D eigenvalue weighted by Crippen LogP contribution is 2.29. The van der Waals surface area contributed by atoms with Crippen molar-refractivity contribution in [1.29, 1.82) is 0 Å². The summed E-state index contributed by atoms with van der Waals surface area (Å²) in [4.78, 5) is 12.6. The van der Waals surface area contributed by atoms with Crippen molar-refractivity contribution in [2.24, 2.45) is 0 Å². The maximum Gasteiger partial charge on any atom is 0.202 e. The summed E-state index contributed by atoms with van der Waals surface area (Å²) in [7, 11) is 1.60. The Bertz CT molecular complexity index is 751. The quantitative estimate of drug-likeness (QED) is 0.762. The number of ether oxygens (including phenoxy) is 2. The predicted octanol–water partition coefficient (Wildman–Crippen LogP) is 4.44. The summed E-state index contributed by atoms with van der Waals surface area (Å²) >= 11 is 0.